The molecule has 1 aliphatic rings. The standard InChI is InChI=1S/C12H16ClN/c1-9-6-7-14-12(9)8-10-2-4-11(13)5-3-10/h2-5,9,12,14H,6-8H2,1H3. The maximum absolute atomic E-state index is 5.84. The molecule has 1 aromatic rings. The topological polar surface area (TPSA) is 12.0 Å². The molecule has 2 heteroatoms. The molecule has 0 bridgehead atoms. The van der Waals surface area contributed by atoms with Gasteiger partial charge in [-0.05, 0) is 43.0 Å². The first-order chi connectivity index (χ1) is 6.75. The third kappa shape index (κ3) is 2.28. The Labute approximate surface area is 90.5 Å². The van der Waals surface area contributed by atoms with Gasteiger partial charge in [0.15, 0.2) is 0 Å². The molecule has 76 valence electrons. The Bertz CT molecular complexity index is 294. The van der Waals surface area contributed by atoms with Crippen LogP contribution in [0.3, 0.4) is 0 Å². The van der Waals surface area contributed by atoms with Gasteiger partial charge < -0.3 is 5.32 Å². The van der Waals surface area contributed by atoms with E-state index in [1.54, 1.807) is 0 Å². The highest BCUT2D eigenvalue weighted by molar-refractivity contribution is 6.30. The lowest BCUT2D eigenvalue weighted by molar-refractivity contribution is 0.480. The quantitative estimate of drug-likeness (QED) is 0.790. The van der Waals surface area contributed by atoms with Crippen LogP contribution in [0.1, 0.15) is 18.9 Å². The summed E-state index contributed by atoms with van der Waals surface area (Å²) >= 11 is 5.84. The monoisotopic (exact) mass is 209 g/mol. The minimum Gasteiger partial charge on any atom is -0.313 e. The summed E-state index contributed by atoms with van der Waals surface area (Å²) in [5, 5.41) is 4.36. The van der Waals surface area contributed by atoms with Crippen LogP contribution in [0.5, 0.6) is 0 Å². The Hall–Kier alpha value is -0.530. The summed E-state index contributed by atoms with van der Waals surface area (Å²) in [7, 11) is 0. The van der Waals surface area contributed by atoms with Crippen LogP contribution in [0, 0.1) is 5.92 Å². The molecule has 0 spiro atoms. The van der Waals surface area contributed by atoms with Gasteiger partial charge in [-0.1, -0.05) is 30.7 Å². The Balaban J connectivity index is 2.00. The summed E-state index contributed by atoms with van der Waals surface area (Å²) in [5.41, 5.74) is 1.38. The fraction of sp³-hybridized carbons (Fsp3) is 0.500. The van der Waals surface area contributed by atoms with Crippen molar-refractivity contribution in [1.82, 2.24) is 5.32 Å². The fourth-order valence-corrected chi connectivity index (χ4v) is 2.17. The van der Waals surface area contributed by atoms with E-state index in [9.17, 15) is 0 Å². The van der Waals surface area contributed by atoms with Crippen molar-refractivity contribution in [3.05, 3.63) is 34.9 Å². The minimum absolute atomic E-state index is 0.649. The molecule has 2 rings (SSSR count). The zero-order valence-corrected chi connectivity index (χ0v) is 9.22. The van der Waals surface area contributed by atoms with Crippen LogP contribution >= 0.6 is 11.6 Å². The van der Waals surface area contributed by atoms with Gasteiger partial charge in [-0.15, -0.1) is 0 Å². The molecular formula is C12H16ClN. The van der Waals surface area contributed by atoms with Crippen molar-refractivity contribution >= 4 is 11.6 Å². The van der Waals surface area contributed by atoms with Gasteiger partial charge in [-0.25, -0.2) is 0 Å². The second-order valence-electron chi connectivity index (χ2n) is 4.16. The lowest BCUT2D eigenvalue weighted by Crippen LogP contribution is -2.27. The van der Waals surface area contributed by atoms with Crippen molar-refractivity contribution < 1.29 is 0 Å². The van der Waals surface area contributed by atoms with E-state index in [1.807, 2.05) is 12.1 Å². The van der Waals surface area contributed by atoms with E-state index in [-0.39, 0.29) is 0 Å². The molecule has 1 heterocycles. The van der Waals surface area contributed by atoms with Crippen LogP contribution in [0.25, 0.3) is 0 Å². The summed E-state index contributed by atoms with van der Waals surface area (Å²) in [6, 6.07) is 8.83. The summed E-state index contributed by atoms with van der Waals surface area (Å²) < 4.78 is 0. The van der Waals surface area contributed by atoms with Crippen molar-refractivity contribution in [3.8, 4) is 0 Å². The zero-order valence-electron chi connectivity index (χ0n) is 8.46. The van der Waals surface area contributed by atoms with Gasteiger partial charge in [0, 0.05) is 11.1 Å². The zero-order chi connectivity index (χ0) is 9.97. The number of nitrogens with one attached hydrogen (secondary N) is 1. The third-order valence-corrected chi connectivity index (χ3v) is 3.31. The van der Waals surface area contributed by atoms with Gasteiger partial charge in [0.1, 0.15) is 0 Å². The van der Waals surface area contributed by atoms with E-state index in [0.717, 1.165) is 17.4 Å². The second kappa shape index (κ2) is 4.33. The molecule has 0 aromatic heterocycles. The van der Waals surface area contributed by atoms with Gasteiger partial charge in [0.2, 0.25) is 0 Å². The summed E-state index contributed by atoms with van der Waals surface area (Å²) in [6.45, 7) is 3.49. The highest BCUT2D eigenvalue weighted by Crippen LogP contribution is 2.19. The molecule has 14 heavy (non-hydrogen) atoms. The van der Waals surface area contributed by atoms with E-state index in [4.69, 9.17) is 11.6 Å². The molecule has 0 saturated carbocycles. The smallest absolute Gasteiger partial charge is 0.0406 e. The average molecular weight is 210 g/mol. The van der Waals surface area contributed by atoms with Crippen LogP contribution in [-0.2, 0) is 6.42 Å². The van der Waals surface area contributed by atoms with Crippen molar-refractivity contribution in [3.63, 3.8) is 0 Å². The van der Waals surface area contributed by atoms with Crippen molar-refractivity contribution in [2.45, 2.75) is 25.8 Å². The van der Waals surface area contributed by atoms with Crippen molar-refractivity contribution in [2.75, 3.05) is 6.54 Å². The largest absolute Gasteiger partial charge is 0.313 e. The van der Waals surface area contributed by atoms with Crippen LogP contribution in [0.15, 0.2) is 24.3 Å². The molecule has 1 aromatic carbocycles. The summed E-state index contributed by atoms with van der Waals surface area (Å²) in [4.78, 5) is 0. The van der Waals surface area contributed by atoms with Crippen LogP contribution in [0.2, 0.25) is 5.02 Å². The molecule has 1 fully saturated rings. The molecule has 1 saturated heterocycles. The summed E-state index contributed by atoms with van der Waals surface area (Å²) in [6.07, 6.45) is 2.43. The first-order valence-electron chi connectivity index (χ1n) is 5.23. The number of benzene rings is 1. The number of rotatable bonds is 2. The first-order valence-corrected chi connectivity index (χ1v) is 5.61. The molecule has 0 radical (unpaired) electrons. The van der Waals surface area contributed by atoms with E-state index in [2.05, 4.69) is 24.4 Å². The minimum atomic E-state index is 0.649. The second-order valence-corrected chi connectivity index (χ2v) is 4.59. The Morgan fingerprint density at radius 3 is 2.64 bits per heavy atom. The fourth-order valence-electron chi connectivity index (χ4n) is 2.05. The Morgan fingerprint density at radius 1 is 1.36 bits per heavy atom. The van der Waals surface area contributed by atoms with E-state index >= 15 is 0 Å². The highest BCUT2D eigenvalue weighted by Gasteiger charge is 2.22. The van der Waals surface area contributed by atoms with Gasteiger partial charge in [-0.2, -0.15) is 0 Å². The number of hydrogen-bond donors (Lipinski definition) is 1. The van der Waals surface area contributed by atoms with E-state index in [1.165, 1.54) is 18.5 Å². The highest BCUT2D eigenvalue weighted by atomic mass is 35.5. The Morgan fingerprint density at radius 2 is 2.07 bits per heavy atom. The van der Waals surface area contributed by atoms with Gasteiger partial charge in [-0.3, -0.25) is 0 Å². The molecule has 0 aliphatic carbocycles. The average Bonchev–Trinajstić information content (AvgIpc) is 2.56. The lowest BCUT2D eigenvalue weighted by atomic mass is 9.96. The third-order valence-electron chi connectivity index (χ3n) is 3.06. The van der Waals surface area contributed by atoms with Gasteiger partial charge >= 0.3 is 0 Å². The molecular weight excluding hydrogens is 194 g/mol. The van der Waals surface area contributed by atoms with Gasteiger partial charge in [0.25, 0.3) is 0 Å². The molecule has 1 nitrogen and oxygen atoms in total. The van der Waals surface area contributed by atoms with Crippen LogP contribution < -0.4 is 5.32 Å². The maximum Gasteiger partial charge on any atom is 0.0406 e. The summed E-state index contributed by atoms with van der Waals surface area (Å²) in [5.74, 6) is 0.797. The predicted octanol–water partition coefficient (Wildman–Crippen LogP) is 2.88. The number of halogens is 1. The normalized spacial score (nSPS) is 26.7. The van der Waals surface area contributed by atoms with Crippen molar-refractivity contribution in [2.24, 2.45) is 5.92 Å². The maximum atomic E-state index is 5.84. The molecule has 1 aliphatic heterocycles. The Kier molecular flexibility index (Phi) is 3.09. The van der Waals surface area contributed by atoms with E-state index < -0.39 is 0 Å². The molecule has 1 N–H and O–H groups in total. The van der Waals surface area contributed by atoms with Crippen LogP contribution in [0.4, 0.5) is 0 Å². The molecule has 2 atom stereocenters. The number of hydrogen-bond acceptors (Lipinski definition) is 1. The molecule has 2 unspecified atom stereocenters. The van der Waals surface area contributed by atoms with E-state index in [0.29, 0.717) is 6.04 Å². The first kappa shape index (κ1) is 10.0. The molecule has 0 amide bonds. The van der Waals surface area contributed by atoms with Crippen molar-refractivity contribution in [1.29, 1.82) is 0 Å². The van der Waals surface area contributed by atoms with Gasteiger partial charge in [0.05, 0.1) is 0 Å². The SMILES string of the molecule is CC1CCNC1Cc1ccc(Cl)cc1. The van der Waals surface area contributed by atoms with Crippen LogP contribution in [-0.4, -0.2) is 12.6 Å². The lowest BCUT2D eigenvalue weighted by Gasteiger charge is -2.15. The predicted molar refractivity (Wildman–Crippen MR) is 60.7 cm³/mol.